The first-order valence-corrected chi connectivity index (χ1v) is 3.97. The van der Waals surface area contributed by atoms with Crippen LogP contribution >= 0.6 is 0 Å². The molecule has 0 nitrogen and oxygen atoms in total. The minimum absolute atomic E-state index is 1.21. The number of fused-ring (bicyclic) bond motifs is 1. The van der Waals surface area contributed by atoms with Crippen LogP contribution in [0, 0.1) is 23.7 Å². The second-order valence-corrected chi connectivity index (χ2v) is 3.82. The minimum Gasteiger partial charge on any atom is -0.0499 e. The van der Waals surface area contributed by atoms with Crippen molar-refractivity contribution in [3.05, 3.63) is 0 Å². The Bertz CT molecular complexity index is 114. The molecule has 0 radical (unpaired) electrons. The Hall–Kier alpha value is 0. The summed E-state index contributed by atoms with van der Waals surface area (Å²) in [7, 11) is 0. The predicted octanol–water partition coefficient (Wildman–Crippen LogP) is 2.05. The van der Waals surface area contributed by atoms with Crippen LogP contribution in [0.15, 0.2) is 0 Å². The Balaban J connectivity index is 2.02. The lowest BCUT2D eigenvalue weighted by Gasteiger charge is -1.99. The Labute approximate surface area is 50.3 Å². The van der Waals surface area contributed by atoms with Gasteiger partial charge in [0.1, 0.15) is 0 Å². The Morgan fingerprint density at radius 3 is 1.75 bits per heavy atom. The molecule has 0 bridgehead atoms. The van der Waals surface area contributed by atoms with Crippen molar-refractivity contribution in [1.29, 1.82) is 0 Å². The lowest BCUT2D eigenvalue weighted by molar-refractivity contribution is 0.514. The molecule has 3 aliphatic rings. The van der Waals surface area contributed by atoms with Crippen molar-refractivity contribution in [3.63, 3.8) is 0 Å². The lowest BCUT2D eigenvalue weighted by atomic mass is 10.1. The summed E-state index contributed by atoms with van der Waals surface area (Å²) >= 11 is 0. The average molecular weight is 108 g/mol. The van der Waals surface area contributed by atoms with Crippen LogP contribution in [0.5, 0.6) is 0 Å². The molecule has 3 aliphatic carbocycles. The second kappa shape index (κ2) is 0.984. The summed E-state index contributed by atoms with van der Waals surface area (Å²) in [6.45, 7) is 0. The van der Waals surface area contributed by atoms with Crippen LogP contribution < -0.4 is 0 Å². The summed E-state index contributed by atoms with van der Waals surface area (Å²) in [4.78, 5) is 0. The summed E-state index contributed by atoms with van der Waals surface area (Å²) in [5.41, 5.74) is 0. The molecule has 0 N–H and O–H groups in total. The normalized spacial score (nSPS) is 66.0. The molecule has 0 heterocycles. The van der Waals surface area contributed by atoms with E-state index in [2.05, 4.69) is 0 Å². The summed E-state index contributed by atoms with van der Waals surface area (Å²) in [5.74, 6) is 4.96. The van der Waals surface area contributed by atoms with Crippen LogP contribution in [0.2, 0.25) is 0 Å². The highest BCUT2D eigenvalue weighted by atomic mass is 14.7. The standard InChI is InChI=1S/C8H12/c1-3-6-7-4-2-5(1)8(6)7/h5-8H,1-4H2/t5?,6-,7?,8?/m0/s1. The third-order valence-electron chi connectivity index (χ3n) is 3.68. The van der Waals surface area contributed by atoms with E-state index in [0.717, 1.165) is 0 Å². The molecule has 8 heavy (non-hydrogen) atoms. The van der Waals surface area contributed by atoms with Gasteiger partial charge in [0, 0.05) is 0 Å². The van der Waals surface area contributed by atoms with E-state index in [9.17, 15) is 0 Å². The van der Waals surface area contributed by atoms with E-state index >= 15 is 0 Å². The summed E-state index contributed by atoms with van der Waals surface area (Å²) < 4.78 is 0. The van der Waals surface area contributed by atoms with Gasteiger partial charge < -0.3 is 0 Å². The quantitative estimate of drug-likeness (QED) is 0.445. The maximum atomic E-state index is 1.60. The average Bonchev–Trinajstić information content (AvgIpc) is 2.11. The van der Waals surface area contributed by atoms with Crippen LogP contribution in [0.4, 0.5) is 0 Å². The molecule has 4 atom stereocenters. The van der Waals surface area contributed by atoms with Gasteiger partial charge >= 0.3 is 0 Å². The molecule has 0 spiro atoms. The van der Waals surface area contributed by atoms with E-state index in [0.29, 0.717) is 0 Å². The fraction of sp³-hybridized carbons (Fsp3) is 1.00. The number of hydrogen-bond acceptors (Lipinski definition) is 0. The second-order valence-electron chi connectivity index (χ2n) is 3.82. The van der Waals surface area contributed by atoms with Gasteiger partial charge in [-0.15, -0.1) is 0 Å². The highest BCUT2D eigenvalue weighted by Gasteiger charge is 2.60. The van der Waals surface area contributed by atoms with E-state index in [4.69, 9.17) is 0 Å². The smallest absolute Gasteiger partial charge is 0.0323 e. The molecule has 0 aromatic rings. The molecular weight excluding hydrogens is 96.1 g/mol. The fourth-order valence-corrected chi connectivity index (χ4v) is 3.33. The van der Waals surface area contributed by atoms with Crippen molar-refractivity contribution >= 4 is 0 Å². The third-order valence-corrected chi connectivity index (χ3v) is 3.68. The fourth-order valence-electron chi connectivity index (χ4n) is 3.33. The molecule has 3 unspecified atom stereocenters. The van der Waals surface area contributed by atoms with Crippen molar-refractivity contribution in [2.45, 2.75) is 25.7 Å². The first-order chi connectivity index (χ1) is 3.97. The molecule has 3 saturated carbocycles. The van der Waals surface area contributed by atoms with Crippen LogP contribution in [-0.2, 0) is 0 Å². The highest BCUT2D eigenvalue weighted by molar-refractivity contribution is 5.09. The van der Waals surface area contributed by atoms with E-state index < -0.39 is 0 Å². The molecule has 0 saturated heterocycles. The first-order valence-electron chi connectivity index (χ1n) is 3.97. The Kier molecular flexibility index (Phi) is 0.482. The molecule has 0 aromatic carbocycles. The molecule has 0 aliphatic heterocycles. The van der Waals surface area contributed by atoms with E-state index in [1.807, 2.05) is 0 Å². The topological polar surface area (TPSA) is 0 Å². The van der Waals surface area contributed by atoms with E-state index in [-0.39, 0.29) is 0 Å². The zero-order valence-corrected chi connectivity index (χ0v) is 5.14. The van der Waals surface area contributed by atoms with Crippen molar-refractivity contribution in [3.8, 4) is 0 Å². The van der Waals surface area contributed by atoms with Gasteiger partial charge in [-0.05, 0) is 49.4 Å². The predicted molar refractivity (Wildman–Crippen MR) is 32.4 cm³/mol. The molecule has 3 rings (SSSR count). The molecule has 0 heteroatoms. The summed E-state index contributed by atoms with van der Waals surface area (Å²) in [5, 5.41) is 0. The van der Waals surface area contributed by atoms with Gasteiger partial charge in [0.05, 0.1) is 0 Å². The zero-order valence-electron chi connectivity index (χ0n) is 5.14. The molecular formula is C8H12. The van der Waals surface area contributed by atoms with Crippen molar-refractivity contribution < 1.29 is 0 Å². The van der Waals surface area contributed by atoms with Gasteiger partial charge in [0.2, 0.25) is 0 Å². The van der Waals surface area contributed by atoms with Gasteiger partial charge in [0.25, 0.3) is 0 Å². The maximum absolute atomic E-state index is 1.60. The van der Waals surface area contributed by atoms with Gasteiger partial charge in [-0.3, -0.25) is 0 Å². The maximum Gasteiger partial charge on any atom is -0.0323 e. The Morgan fingerprint density at radius 2 is 1.38 bits per heavy atom. The number of hydrogen-bond donors (Lipinski definition) is 0. The molecule has 44 valence electrons. The van der Waals surface area contributed by atoms with Gasteiger partial charge in [-0.1, -0.05) is 0 Å². The lowest BCUT2D eigenvalue weighted by Crippen LogP contribution is -1.89. The van der Waals surface area contributed by atoms with Crippen LogP contribution in [0.25, 0.3) is 0 Å². The van der Waals surface area contributed by atoms with Crippen LogP contribution in [0.1, 0.15) is 25.7 Å². The largest absolute Gasteiger partial charge is 0.0499 e. The number of rotatable bonds is 0. The van der Waals surface area contributed by atoms with Gasteiger partial charge in [-0.2, -0.15) is 0 Å². The van der Waals surface area contributed by atoms with E-state index in [1.165, 1.54) is 23.7 Å². The Morgan fingerprint density at radius 1 is 0.750 bits per heavy atom. The van der Waals surface area contributed by atoms with Crippen LogP contribution in [-0.4, -0.2) is 0 Å². The third kappa shape index (κ3) is 0.260. The zero-order chi connectivity index (χ0) is 5.14. The minimum atomic E-state index is 1.21. The van der Waals surface area contributed by atoms with Gasteiger partial charge in [-0.25, -0.2) is 0 Å². The molecule has 0 amide bonds. The molecule has 0 aromatic heterocycles. The van der Waals surface area contributed by atoms with Crippen LogP contribution in [0.3, 0.4) is 0 Å². The van der Waals surface area contributed by atoms with Gasteiger partial charge in [0.15, 0.2) is 0 Å². The highest BCUT2D eigenvalue weighted by Crippen LogP contribution is 2.68. The monoisotopic (exact) mass is 108 g/mol. The SMILES string of the molecule is C1CC2C3C1CC[C@@H]23. The van der Waals surface area contributed by atoms with Crippen molar-refractivity contribution in [1.82, 2.24) is 0 Å². The summed E-state index contributed by atoms with van der Waals surface area (Å²) in [6.07, 6.45) is 6.37. The first kappa shape index (κ1) is 3.92. The summed E-state index contributed by atoms with van der Waals surface area (Å²) in [6, 6.07) is 0. The molecule has 3 fully saturated rings. The van der Waals surface area contributed by atoms with E-state index in [1.54, 1.807) is 25.7 Å². The van der Waals surface area contributed by atoms with Crippen molar-refractivity contribution in [2.24, 2.45) is 23.7 Å². The van der Waals surface area contributed by atoms with Crippen molar-refractivity contribution in [2.75, 3.05) is 0 Å².